The largest absolute Gasteiger partial charge is 0.314 e. The Morgan fingerprint density at radius 3 is 2.79 bits per heavy atom. The van der Waals surface area contributed by atoms with Crippen molar-refractivity contribution in [2.24, 2.45) is 0 Å². The molecule has 4 nitrogen and oxygen atoms in total. The molecule has 1 aromatic carbocycles. The third-order valence-corrected chi connectivity index (χ3v) is 3.56. The Bertz CT molecular complexity index is 580. The van der Waals surface area contributed by atoms with Crippen LogP contribution in [0.2, 0.25) is 5.02 Å². The van der Waals surface area contributed by atoms with Crippen LogP contribution in [-0.2, 0) is 4.79 Å². The van der Waals surface area contributed by atoms with Crippen LogP contribution in [-0.4, -0.2) is 22.7 Å². The predicted molar refractivity (Wildman–Crippen MR) is 76.5 cm³/mol. The lowest BCUT2D eigenvalue weighted by Crippen LogP contribution is -2.33. The lowest BCUT2D eigenvalue weighted by Gasteiger charge is -2.22. The second-order valence-electron chi connectivity index (χ2n) is 4.49. The molecule has 0 aliphatic heterocycles. The van der Waals surface area contributed by atoms with Crippen LogP contribution in [0.5, 0.6) is 0 Å². The number of nitrogens with zero attached hydrogens (tertiary/aromatic N) is 3. The number of rotatable bonds is 3. The van der Waals surface area contributed by atoms with Gasteiger partial charge in [-0.3, -0.25) is 9.48 Å². The SMILES string of the molecule is Cc1ccc(N(C)C(=O)C(C)n2cccn2)cc1Cl. The number of amides is 1. The van der Waals surface area contributed by atoms with E-state index in [0.29, 0.717) is 5.02 Å². The molecule has 0 aliphatic carbocycles. The highest BCUT2D eigenvalue weighted by atomic mass is 35.5. The molecule has 19 heavy (non-hydrogen) atoms. The van der Waals surface area contributed by atoms with Crippen molar-refractivity contribution >= 4 is 23.2 Å². The summed E-state index contributed by atoms with van der Waals surface area (Å²) in [4.78, 5) is 14.0. The van der Waals surface area contributed by atoms with Gasteiger partial charge in [0.2, 0.25) is 0 Å². The van der Waals surface area contributed by atoms with Crippen LogP contribution in [0.25, 0.3) is 0 Å². The molecule has 2 aromatic rings. The zero-order valence-corrected chi connectivity index (χ0v) is 11.9. The summed E-state index contributed by atoms with van der Waals surface area (Å²) >= 11 is 6.09. The van der Waals surface area contributed by atoms with Gasteiger partial charge >= 0.3 is 0 Å². The van der Waals surface area contributed by atoms with Crippen LogP contribution in [0.4, 0.5) is 5.69 Å². The van der Waals surface area contributed by atoms with Gasteiger partial charge in [-0.2, -0.15) is 5.10 Å². The number of hydrogen-bond acceptors (Lipinski definition) is 2. The average Bonchev–Trinajstić information content (AvgIpc) is 2.93. The van der Waals surface area contributed by atoms with Crippen molar-refractivity contribution in [2.75, 3.05) is 11.9 Å². The number of hydrogen-bond donors (Lipinski definition) is 0. The molecule has 0 N–H and O–H groups in total. The maximum absolute atomic E-state index is 12.4. The molecule has 0 radical (unpaired) electrons. The molecule has 2 rings (SSSR count). The van der Waals surface area contributed by atoms with E-state index in [1.807, 2.05) is 26.0 Å². The van der Waals surface area contributed by atoms with E-state index in [4.69, 9.17) is 11.6 Å². The molecule has 0 fully saturated rings. The number of aromatic nitrogens is 2. The summed E-state index contributed by atoms with van der Waals surface area (Å²) in [6, 6.07) is 7.03. The van der Waals surface area contributed by atoms with Gasteiger partial charge in [0.1, 0.15) is 6.04 Å². The van der Waals surface area contributed by atoms with E-state index in [1.165, 1.54) is 0 Å². The number of aryl methyl sites for hydroxylation is 1. The van der Waals surface area contributed by atoms with Gasteiger partial charge < -0.3 is 4.90 Å². The molecule has 0 aliphatic rings. The fourth-order valence-electron chi connectivity index (χ4n) is 1.82. The lowest BCUT2D eigenvalue weighted by molar-refractivity contribution is -0.121. The summed E-state index contributed by atoms with van der Waals surface area (Å²) in [6.45, 7) is 3.75. The topological polar surface area (TPSA) is 38.1 Å². The van der Waals surface area contributed by atoms with E-state index >= 15 is 0 Å². The van der Waals surface area contributed by atoms with Gasteiger partial charge in [0.25, 0.3) is 5.91 Å². The molecule has 1 unspecified atom stereocenters. The lowest BCUT2D eigenvalue weighted by atomic mass is 10.2. The van der Waals surface area contributed by atoms with Crippen LogP contribution in [0.15, 0.2) is 36.7 Å². The first-order chi connectivity index (χ1) is 9.00. The van der Waals surface area contributed by atoms with Crippen LogP contribution >= 0.6 is 11.6 Å². The van der Waals surface area contributed by atoms with Crippen LogP contribution in [0.3, 0.4) is 0 Å². The van der Waals surface area contributed by atoms with Crippen molar-refractivity contribution in [1.29, 1.82) is 0 Å². The number of carbonyl (C=O) groups is 1. The highest BCUT2D eigenvalue weighted by molar-refractivity contribution is 6.31. The first kappa shape index (κ1) is 13.6. The van der Waals surface area contributed by atoms with E-state index < -0.39 is 0 Å². The van der Waals surface area contributed by atoms with E-state index in [-0.39, 0.29) is 11.9 Å². The van der Waals surface area contributed by atoms with Crippen LogP contribution < -0.4 is 4.90 Å². The van der Waals surface area contributed by atoms with Crippen molar-refractivity contribution in [3.05, 3.63) is 47.2 Å². The third-order valence-electron chi connectivity index (χ3n) is 3.15. The first-order valence-electron chi connectivity index (χ1n) is 6.03. The van der Waals surface area contributed by atoms with Crippen LogP contribution in [0, 0.1) is 6.92 Å². The smallest absolute Gasteiger partial charge is 0.251 e. The molecule has 1 atom stereocenters. The third kappa shape index (κ3) is 2.79. The standard InChI is InChI=1S/C14H16ClN3O/c1-10-5-6-12(9-13(10)15)17(3)14(19)11(2)18-8-4-7-16-18/h4-9,11H,1-3H3. The molecule has 100 valence electrons. The summed E-state index contributed by atoms with van der Waals surface area (Å²) in [5.74, 6) is -0.0383. The Kier molecular flexibility index (Phi) is 3.90. The molecule has 1 heterocycles. The quantitative estimate of drug-likeness (QED) is 0.865. The van der Waals surface area contributed by atoms with Gasteiger partial charge in [-0.1, -0.05) is 17.7 Å². The van der Waals surface area contributed by atoms with E-state index in [1.54, 1.807) is 41.2 Å². The minimum absolute atomic E-state index is 0.0383. The van der Waals surface area contributed by atoms with Gasteiger partial charge in [0.15, 0.2) is 0 Å². The Morgan fingerprint density at radius 1 is 1.47 bits per heavy atom. The maximum atomic E-state index is 12.4. The Balaban J connectivity index is 2.21. The zero-order chi connectivity index (χ0) is 14.0. The number of halogens is 1. The molecule has 1 aromatic heterocycles. The van der Waals surface area contributed by atoms with Gasteiger partial charge in [-0.05, 0) is 37.6 Å². The summed E-state index contributed by atoms with van der Waals surface area (Å²) in [5, 5.41) is 4.74. The molecule has 1 amide bonds. The Hall–Kier alpha value is -1.81. The molecular weight excluding hydrogens is 262 g/mol. The molecule has 5 heteroatoms. The minimum atomic E-state index is -0.347. The number of likely N-dealkylation sites (N-methyl/N-ethyl adjacent to an activating group) is 1. The Morgan fingerprint density at radius 2 is 2.21 bits per heavy atom. The molecule has 0 spiro atoms. The van der Waals surface area contributed by atoms with Gasteiger partial charge in [0.05, 0.1) is 0 Å². The van der Waals surface area contributed by atoms with Crippen molar-refractivity contribution in [3.8, 4) is 0 Å². The molecule has 0 saturated heterocycles. The summed E-state index contributed by atoms with van der Waals surface area (Å²) in [5.41, 5.74) is 1.77. The first-order valence-corrected chi connectivity index (χ1v) is 6.41. The van der Waals surface area contributed by atoms with Crippen LogP contribution in [0.1, 0.15) is 18.5 Å². The fraction of sp³-hybridized carbons (Fsp3) is 0.286. The highest BCUT2D eigenvalue weighted by Gasteiger charge is 2.20. The zero-order valence-electron chi connectivity index (χ0n) is 11.2. The number of anilines is 1. The van der Waals surface area contributed by atoms with Crippen molar-refractivity contribution in [3.63, 3.8) is 0 Å². The minimum Gasteiger partial charge on any atom is -0.314 e. The molecule has 0 bridgehead atoms. The predicted octanol–water partition coefficient (Wildman–Crippen LogP) is 3.07. The number of carbonyl (C=O) groups excluding carboxylic acids is 1. The molecular formula is C14H16ClN3O. The second kappa shape index (κ2) is 5.45. The maximum Gasteiger partial charge on any atom is 0.251 e. The highest BCUT2D eigenvalue weighted by Crippen LogP contribution is 2.23. The van der Waals surface area contributed by atoms with Gasteiger partial charge in [0, 0.05) is 30.2 Å². The summed E-state index contributed by atoms with van der Waals surface area (Å²) in [6.07, 6.45) is 3.44. The van der Waals surface area contributed by atoms with Crippen molar-refractivity contribution < 1.29 is 4.79 Å². The van der Waals surface area contributed by atoms with E-state index in [0.717, 1.165) is 11.3 Å². The monoisotopic (exact) mass is 277 g/mol. The molecule has 0 saturated carbocycles. The van der Waals surface area contributed by atoms with Crippen molar-refractivity contribution in [2.45, 2.75) is 19.9 Å². The fourth-order valence-corrected chi connectivity index (χ4v) is 2.00. The van der Waals surface area contributed by atoms with Gasteiger partial charge in [-0.15, -0.1) is 0 Å². The summed E-state index contributed by atoms with van der Waals surface area (Å²) in [7, 11) is 1.74. The van der Waals surface area contributed by atoms with Crippen molar-refractivity contribution in [1.82, 2.24) is 9.78 Å². The second-order valence-corrected chi connectivity index (χ2v) is 4.90. The summed E-state index contributed by atoms with van der Waals surface area (Å²) < 4.78 is 1.63. The Labute approximate surface area is 117 Å². The average molecular weight is 278 g/mol. The normalized spacial score (nSPS) is 12.2. The van der Waals surface area contributed by atoms with Gasteiger partial charge in [-0.25, -0.2) is 0 Å². The van der Waals surface area contributed by atoms with E-state index in [2.05, 4.69) is 5.10 Å². The van der Waals surface area contributed by atoms with E-state index in [9.17, 15) is 4.79 Å². The number of benzene rings is 1.